The maximum atomic E-state index is 12.5. The third kappa shape index (κ3) is 4.13. The van der Waals surface area contributed by atoms with Crippen molar-refractivity contribution in [3.8, 4) is 0 Å². The number of rotatable bonds is 5. The van der Waals surface area contributed by atoms with Crippen molar-refractivity contribution in [1.29, 1.82) is 0 Å². The Balaban J connectivity index is 1.78. The molecular formula is C18H20N4O3. The molecule has 0 atom stereocenters. The molecule has 0 radical (unpaired) electrons. The predicted molar refractivity (Wildman–Crippen MR) is 95.6 cm³/mol. The normalized spacial score (nSPS) is 14.2. The van der Waals surface area contributed by atoms with E-state index in [4.69, 9.17) is 0 Å². The van der Waals surface area contributed by atoms with Gasteiger partial charge in [-0.2, -0.15) is 0 Å². The van der Waals surface area contributed by atoms with Crippen molar-refractivity contribution in [2.24, 2.45) is 0 Å². The van der Waals surface area contributed by atoms with Crippen molar-refractivity contribution in [2.75, 3.05) is 31.5 Å². The number of anilines is 1. The van der Waals surface area contributed by atoms with E-state index >= 15 is 0 Å². The van der Waals surface area contributed by atoms with Crippen LogP contribution < -0.4 is 10.6 Å². The molecule has 7 heteroatoms. The highest BCUT2D eigenvalue weighted by Crippen LogP contribution is 2.27. The van der Waals surface area contributed by atoms with Gasteiger partial charge in [-0.3, -0.25) is 14.9 Å². The summed E-state index contributed by atoms with van der Waals surface area (Å²) in [6, 6.07) is 14.3. The van der Waals surface area contributed by atoms with E-state index in [1.54, 1.807) is 17.0 Å². The lowest BCUT2D eigenvalue weighted by Crippen LogP contribution is -2.46. The van der Waals surface area contributed by atoms with Gasteiger partial charge in [0, 0.05) is 44.4 Å². The second-order valence-corrected chi connectivity index (χ2v) is 5.87. The standard InChI is InChI=1S/C18H20N4O3/c23-18(21-10-8-19-9-11-21)15-6-7-16(17(12-15)22(24)25)20-13-14-4-2-1-3-5-14/h1-7,12,19-20H,8-11,13H2. The van der Waals surface area contributed by atoms with Gasteiger partial charge >= 0.3 is 0 Å². The number of benzene rings is 2. The van der Waals surface area contributed by atoms with E-state index in [1.807, 2.05) is 30.3 Å². The molecule has 0 spiro atoms. The van der Waals surface area contributed by atoms with Gasteiger partial charge in [-0.25, -0.2) is 0 Å². The first kappa shape index (κ1) is 16.9. The zero-order valence-corrected chi connectivity index (χ0v) is 13.8. The van der Waals surface area contributed by atoms with Gasteiger partial charge in [-0.15, -0.1) is 0 Å². The van der Waals surface area contributed by atoms with Gasteiger partial charge in [-0.1, -0.05) is 30.3 Å². The van der Waals surface area contributed by atoms with Crippen LogP contribution >= 0.6 is 0 Å². The summed E-state index contributed by atoms with van der Waals surface area (Å²) in [4.78, 5) is 25.2. The van der Waals surface area contributed by atoms with Crippen LogP contribution in [0, 0.1) is 10.1 Å². The summed E-state index contributed by atoms with van der Waals surface area (Å²) in [5.41, 5.74) is 1.69. The van der Waals surface area contributed by atoms with Gasteiger partial charge < -0.3 is 15.5 Å². The third-order valence-corrected chi connectivity index (χ3v) is 4.17. The summed E-state index contributed by atoms with van der Waals surface area (Å²) in [7, 11) is 0. The van der Waals surface area contributed by atoms with Crippen molar-refractivity contribution < 1.29 is 9.72 Å². The largest absolute Gasteiger partial charge is 0.375 e. The Kier molecular flexibility index (Phi) is 5.25. The van der Waals surface area contributed by atoms with Crippen LogP contribution in [0.5, 0.6) is 0 Å². The average molecular weight is 340 g/mol. The van der Waals surface area contributed by atoms with Gasteiger partial charge in [-0.05, 0) is 17.7 Å². The van der Waals surface area contributed by atoms with E-state index in [9.17, 15) is 14.9 Å². The minimum atomic E-state index is -0.456. The van der Waals surface area contributed by atoms with Crippen LogP contribution in [-0.2, 0) is 6.54 Å². The highest BCUT2D eigenvalue weighted by molar-refractivity contribution is 5.95. The van der Waals surface area contributed by atoms with E-state index in [-0.39, 0.29) is 11.6 Å². The predicted octanol–water partition coefficient (Wildman–Crippen LogP) is 2.25. The SMILES string of the molecule is O=C(c1ccc(NCc2ccccc2)c([N+](=O)[O-])c1)N1CCNCC1. The molecule has 1 aliphatic heterocycles. The highest BCUT2D eigenvalue weighted by Gasteiger charge is 2.22. The molecule has 130 valence electrons. The first-order valence-corrected chi connectivity index (χ1v) is 8.21. The second-order valence-electron chi connectivity index (χ2n) is 5.87. The molecule has 0 bridgehead atoms. The van der Waals surface area contributed by atoms with Gasteiger partial charge in [0.05, 0.1) is 4.92 Å². The number of piperazine rings is 1. The number of carbonyl (C=O) groups is 1. The highest BCUT2D eigenvalue weighted by atomic mass is 16.6. The van der Waals surface area contributed by atoms with E-state index < -0.39 is 4.92 Å². The van der Waals surface area contributed by atoms with Crippen LogP contribution in [0.3, 0.4) is 0 Å². The Labute approximate surface area is 145 Å². The van der Waals surface area contributed by atoms with Crippen LogP contribution in [0.2, 0.25) is 0 Å². The Morgan fingerprint density at radius 3 is 2.56 bits per heavy atom. The van der Waals surface area contributed by atoms with Crippen molar-refractivity contribution in [2.45, 2.75) is 6.54 Å². The van der Waals surface area contributed by atoms with Gasteiger partial charge in [0.15, 0.2) is 0 Å². The number of nitro benzene ring substituents is 1. The summed E-state index contributed by atoms with van der Waals surface area (Å²) in [6.07, 6.45) is 0. The van der Waals surface area contributed by atoms with Crippen LogP contribution in [-0.4, -0.2) is 41.9 Å². The number of nitrogens with one attached hydrogen (secondary N) is 2. The zero-order chi connectivity index (χ0) is 17.6. The molecule has 1 aliphatic rings. The van der Waals surface area contributed by atoms with E-state index in [0.29, 0.717) is 30.9 Å². The van der Waals surface area contributed by atoms with Crippen LogP contribution in [0.4, 0.5) is 11.4 Å². The first-order valence-electron chi connectivity index (χ1n) is 8.21. The number of nitro groups is 1. The molecule has 3 rings (SSSR count). The summed E-state index contributed by atoms with van der Waals surface area (Å²) >= 11 is 0. The van der Waals surface area contributed by atoms with Gasteiger partial charge in [0.1, 0.15) is 5.69 Å². The fourth-order valence-electron chi connectivity index (χ4n) is 2.81. The second kappa shape index (κ2) is 7.76. The lowest BCUT2D eigenvalue weighted by atomic mass is 10.1. The molecule has 1 saturated heterocycles. The maximum absolute atomic E-state index is 12.5. The molecule has 1 heterocycles. The number of nitrogens with zero attached hydrogens (tertiary/aromatic N) is 2. The van der Waals surface area contributed by atoms with Gasteiger partial charge in [0.2, 0.25) is 0 Å². The van der Waals surface area contributed by atoms with Crippen LogP contribution in [0.25, 0.3) is 0 Å². The molecule has 2 aromatic carbocycles. The zero-order valence-electron chi connectivity index (χ0n) is 13.8. The molecule has 0 unspecified atom stereocenters. The van der Waals surface area contributed by atoms with Gasteiger partial charge in [0.25, 0.3) is 11.6 Å². The summed E-state index contributed by atoms with van der Waals surface area (Å²) in [6.45, 7) is 3.18. The van der Waals surface area contributed by atoms with Crippen molar-refractivity contribution in [3.05, 3.63) is 69.8 Å². The summed E-state index contributed by atoms with van der Waals surface area (Å²) < 4.78 is 0. The smallest absolute Gasteiger partial charge is 0.293 e. The lowest BCUT2D eigenvalue weighted by Gasteiger charge is -2.27. The first-order chi connectivity index (χ1) is 12.1. The number of hydrogen-bond acceptors (Lipinski definition) is 5. The average Bonchev–Trinajstić information content (AvgIpc) is 2.67. The fraction of sp³-hybridized carbons (Fsp3) is 0.278. The molecular weight excluding hydrogens is 320 g/mol. The molecule has 25 heavy (non-hydrogen) atoms. The van der Waals surface area contributed by atoms with Crippen molar-refractivity contribution in [3.63, 3.8) is 0 Å². The third-order valence-electron chi connectivity index (χ3n) is 4.17. The molecule has 0 aliphatic carbocycles. The Morgan fingerprint density at radius 1 is 1.16 bits per heavy atom. The molecule has 7 nitrogen and oxygen atoms in total. The Bertz CT molecular complexity index is 758. The molecule has 0 saturated carbocycles. The molecule has 2 aromatic rings. The Hall–Kier alpha value is -2.93. The quantitative estimate of drug-likeness (QED) is 0.644. The maximum Gasteiger partial charge on any atom is 0.293 e. The minimum Gasteiger partial charge on any atom is -0.375 e. The summed E-state index contributed by atoms with van der Waals surface area (Å²) in [5, 5.41) is 17.7. The van der Waals surface area contributed by atoms with Crippen LogP contribution in [0.15, 0.2) is 48.5 Å². The summed E-state index contributed by atoms with van der Waals surface area (Å²) in [5.74, 6) is -0.167. The van der Waals surface area contributed by atoms with E-state index in [2.05, 4.69) is 10.6 Å². The fourth-order valence-corrected chi connectivity index (χ4v) is 2.81. The van der Waals surface area contributed by atoms with Crippen LogP contribution in [0.1, 0.15) is 15.9 Å². The minimum absolute atomic E-state index is 0.0862. The molecule has 1 fully saturated rings. The van der Waals surface area contributed by atoms with Crippen molar-refractivity contribution >= 4 is 17.3 Å². The topological polar surface area (TPSA) is 87.5 Å². The Morgan fingerprint density at radius 2 is 1.88 bits per heavy atom. The lowest BCUT2D eigenvalue weighted by molar-refractivity contribution is -0.384. The monoisotopic (exact) mass is 340 g/mol. The number of carbonyl (C=O) groups excluding carboxylic acids is 1. The molecule has 1 amide bonds. The van der Waals surface area contributed by atoms with E-state index in [0.717, 1.165) is 18.7 Å². The molecule has 0 aromatic heterocycles. The number of hydrogen-bond donors (Lipinski definition) is 2. The number of amides is 1. The van der Waals surface area contributed by atoms with Crippen molar-refractivity contribution in [1.82, 2.24) is 10.2 Å². The van der Waals surface area contributed by atoms with E-state index in [1.165, 1.54) is 6.07 Å². The molecule has 2 N–H and O–H groups in total.